The van der Waals surface area contributed by atoms with Crippen LogP contribution in [0.1, 0.15) is 45.9 Å². The van der Waals surface area contributed by atoms with Crippen LogP contribution in [-0.4, -0.2) is 47.9 Å². The topological polar surface area (TPSA) is 63.0 Å². The molecular weight excluding hydrogens is 460 g/mol. The Balaban J connectivity index is 1.51. The van der Waals surface area contributed by atoms with Crippen molar-refractivity contribution in [2.45, 2.75) is 32.7 Å². The molecule has 0 radical (unpaired) electrons. The first-order valence-corrected chi connectivity index (χ1v) is 12.3. The van der Waals surface area contributed by atoms with Gasteiger partial charge < -0.3 is 19.0 Å². The van der Waals surface area contributed by atoms with Gasteiger partial charge in [-0.25, -0.2) is 0 Å². The standard InChI is InChI=1S/C25H27ClN2O4S/c1-3-10-27(25(30)22-5-4-12-31-22)15-24(29)28-11-8-23-19(9-13-33-23)21(28)16-32-18-6-7-20(26)17(2)14-18/h4-7,9,12-14,21H,3,8,10-11,15-16H2,1-2H3/t21-/m1/s1. The molecule has 1 atom stereocenters. The van der Waals surface area contributed by atoms with E-state index in [1.807, 2.05) is 36.9 Å². The van der Waals surface area contributed by atoms with Crippen molar-refractivity contribution >= 4 is 34.8 Å². The highest BCUT2D eigenvalue weighted by Crippen LogP contribution is 2.34. The van der Waals surface area contributed by atoms with Gasteiger partial charge in [-0.1, -0.05) is 18.5 Å². The van der Waals surface area contributed by atoms with Crippen molar-refractivity contribution in [1.82, 2.24) is 9.80 Å². The minimum Gasteiger partial charge on any atom is -0.491 e. The molecule has 3 heterocycles. The van der Waals surface area contributed by atoms with Gasteiger partial charge in [0.2, 0.25) is 5.91 Å². The van der Waals surface area contributed by atoms with Crippen LogP contribution in [0.5, 0.6) is 5.75 Å². The zero-order chi connectivity index (χ0) is 23.4. The summed E-state index contributed by atoms with van der Waals surface area (Å²) in [5.74, 6) is 0.592. The maximum atomic E-state index is 13.4. The molecule has 0 saturated heterocycles. The molecular formula is C25H27ClN2O4S. The number of fused-ring (bicyclic) bond motifs is 1. The molecule has 0 bridgehead atoms. The summed E-state index contributed by atoms with van der Waals surface area (Å²) in [7, 11) is 0. The second-order valence-electron chi connectivity index (χ2n) is 8.08. The third kappa shape index (κ3) is 5.25. The molecule has 2 amide bonds. The molecule has 6 nitrogen and oxygen atoms in total. The fourth-order valence-corrected chi connectivity index (χ4v) is 5.14. The number of nitrogens with zero attached hydrogens (tertiary/aromatic N) is 2. The predicted octanol–water partition coefficient (Wildman–Crippen LogP) is 5.36. The summed E-state index contributed by atoms with van der Waals surface area (Å²) >= 11 is 7.84. The summed E-state index contributed by atoms with van der Waals surface area (Å²) in [5.41, 5.74) is 2.05. The Kier molecular flexibility index (Phi) is 7.40. The summed E-state index contributed by atoms with van der Waals surface area (Å²) < 4.78 is 11.4. The van der Waals surface area contributed by atoms with Gasteiger partial charge in [0.25, 0.3) is 5.91 Å². The number of amides is 2. The number of carbonyl (C=O) groups excluding carboxylic acids is 2. The fourth-order valence-electron chi connectivity index (χ4n) is 4.09. The van der Waals surface area contributed by atoms with Gasteiger partial charge in [-0.2, -0.15) is 0 Å². The summed E-state index contributed by atoms with van der Waals surface area (Å²) in [6.45, 7) is 5.32. The third-order valence-electron chi connectivity index (χ3n) is 5.79. The van der Waals surface area contributed by atoms with E-state index < -0.39 is 0 Å². The molecule has 3 aromatic rings. The number of benzene rings is 1. The molecule has 0 N–H and O–H groups in total. The minimum atomic E-state index is -0.270. The van der Waals surface area contributed by atoms with E-state index in [0.29, 0.717) is 30.5 Å². The number of aryl methyl sites for hydroxylation is 1. The van der Waals surface area contributed by atoms with Crippen molar-refractivity contribution < 1.29 is 18.7 Å². The molecule has 8 heteroatoms. The van der Waals surface area contributed by atoms with E-state index in [1.165, 1.54) is 11.1 Å². The first-order valence-electron chi connectivity index (χ1n) is 11.1. The lowest BCUT2D eigenvalue weighted by molar-refractivity contribution is -0.135. The van der Waals surface area contributed by atoms with Crippen LogP contribution in [0.3, 0.4) is 0 Å². The quantitative estimate of drug-likeness (QED) is 0.430. The number of ether oxygens (including phenoxy) is 1. The van der Waals surface area contributed by atoms with Crippen LogP contribution in [0, 0.1) is 6.92 Å². The lowest BCUT2D eigenvalue weighted by Gasteiger charge is -2.37. The first-order chi connectivity index (χ1) is 16.0. The van der Waals surface area contributed by atoms with E-state index in [0.717, 1.165) is 24.0 Å². The van der Waals surface area contributed by atoms with Gasteiger partial charge in [0.15, 0.2) is 5.76 Å². The smallest absolute Gasteiger partial charge is 0.290 e. The van der Waals surface area contributed by atoms with Crippen LogP contribution >= 0.6 is 22.9 Å². The summed E-state index contributed by atoms with van der Waals surface area (Å²) in [6.07, 6.45) is 3.01. The molecule has 0 fully saturated rings. The Hall–Kier alpha value is -2.77. The Labute approximate surface area is 202 Å². The third-order valence-corrected chi connectivity index (χ3v) is 7.21. The van der Waals surface area contributed by atoms with Crippen LogP contribution in [0.25, 0.3) is 0 Å². The molecule has 174 valence electrons. The Morgan fingerprint density at radius 1 is 1.30 bits per heavy atom. The second-order valence-corrected chi connectivity index (χ2v) is 9.49. The molecule has 0 unspecified atom stereocenters. The summed E-state index contributed by atoms with van der Waals surface area (Å²) in [6, 6.07) is 10.7. The van der Waals surface area contributed by atoms with Crippen molar-refractivity contribution in [3.8, 4) is 5.75 Å². The molecule has 0 spiro atoms. The van der Waals surface area contributed by atoms with E-state index in [2.05, 4.69) is 11.4 Å². The average Bonchev–Trinajstić information content (AvgIpc) is 3.51. The average molecular weight is 487 g/mol. The number of hydrogen-bond acceptors (Lipinski definition) is 5. The maximum Gasteiger partial charge on any atom is 0.290 e. The number of hydrogen-bond donors (Lipinski definition) is 0. The van der Waals surface area contributed by atoms with E-state index in [1.54, 1.807) is 28.4 Å². The maximum absolute atomic E-state index is 13.4. The Morgan fingerprint density at radius 2 is 2.15 bits per heavy atom. The number of rotatable bonds is 8. The predicted molar refractivity (Wildman–Crippen MR) is 129 cm³/mol. The van der Waals surface area contributed by atoms with Gasteiger partial charge >= 0.3 is 0 Å². The highest BCUT2D eigenvalue weighted by Gasteiger charge is 2.33. The fraction of sp³-hybridized carbons (Fsp3) is 0.360. The second kappa shape index (κ2) is 10.4. The number of carbonyl (C=O) groups is 2. The van der Waals surface area contributed by atoms with Crippen molar-refractivity contribution in [3.05, 3.63) is 74.8 Å². The Morgan fingerprint density at radius 3 is 2.88 bits per heavy atom. The van der Waals surface area contributed by atoms with E-state index in [9.17, 15) is 9.59 Å². The largest absolute Gasteiger partial charge is 0.491 e. The lowest BCUT2D eigenvalue weighted by Crippen LogP contribution is -2.48. The molecule has 1 aromatic carbocycles. The van der Waals surface area contributed by atoms with E-state index in [-0.39, 0.29) is 30.2 Å². The number of halogens is 1. The minimum absolute atomic E-state index is 0.00337. The zero-order valence-corrected chi connectivity index (χ0v) is 20.3. The van der Waals surface area contributed by atoms with Gasteiger partial charge in [0.05, 0.1) is 12.3 Å². The van der Waals surface area contributed by atoms with E-state index in [4.69, 9.17) is 20.8 Å². The van der Waals surface area contributed by atoms with Crippen molar-refractivity contribution in [3.63, 3.8) is 0 Å². The summed E-state index contributed by atoms with van der Waals surface area (Å²) in [4.78, 5) is 31.0. The highest BCUT2D eigenvalue weighted by molar-refractivity contribution is 7.10. The normalized spacial score (nSPS) is 15.2. The van der Waals surface area contributed by atoms with Crippen molar-refractivity contribution in [2.24, 2.45) is 0 Å². The van der Waals surface area contributed by atoms with Gasteiger partial charge in [-0.05, 0) is 72.7 Å². The monoisotopic (exact) mass is 486 g/mol. The lowest BCUT2D eigenvalue weighted by atomic mass is 10.0. The van der Waals surface area contributed by atoms with Crippen molar-refractivity contribution in [2.75, 3.05) is 26.2 Å². The number of thiophene rings is 1. The molecule has 1 aliphatic heterocycles. The van der Waals surface area contributed by atoms with Gasteiger partial charge in [0.1, 0.15) is 18.9 Å². The molecule has 2 aromatic heterocycles. The molecule has 0 aliphatic carbocycles. The van der Waals surface area contributed by atoms with Crippen LogP contribution in [0.4, 0.5) is 0 Å². The SMILES string of the molecule is CCCN(CC(=O)N1CCc2sccc2[C@H]1COc1ccc(Cl)c(C)c1)C(=O)c1ccco1. The molecule has 4 rings (SSSR count). The van der Waals surface area contributed by atoms with Gasteiger partial charge in [-0.15, -0.1) is 11.3 Å². The highest BCUT2D eigenvalue weighted by atomic mass is 35.5. The molecule has 1 aliphatic rings. The molecule has 0 saturated carbocycles. The van der Waals surface area contributed by atoms with Gasteiger partial charge in [-0.3, -0.25) is 9.59 Å². The van der Waals surface area contributed by atoms with Crippen molar-refractivity contribution in [1.29, 1.82) is 0 Å². The number of furan rings is 1. The zero-order valence-electron chi connectivity index (χ0n) is 18.8. The van der Waals surface area contributed by atoms with Gasteiger partial charge in [0, 0.05) is 23.0 Å². The summed E-state index contributed by atoms with van der Waals surface area (Å²) in [5, 5.41) is 2.75. The van der Waals surface area contributed by atoms with Crippen LogP contribution < -0.4 is 4.74 Å². The first kappa shape index (κ1) is 23.4. The Bertz CT molecular complexity index is 1110. The molecule has 33 heavy (non-hydrogen) atoms. The van der Waals surface area contributed by atoms with Crippen LogP contribution in [0.15, 0.2) is 52.5 Å². The van der Waals surface area contributed by atoms with Crippen LogP contribution in [-0.2, 0) is 11.2 Å². The van der Waals surface area contributed by atoms with E-state index >= 15 is 0 Å². The van der Waals surface area contributed by atoms with Crippen LogP contribution in [0.2, 0.25) is 5.02 Å².